The number of nitrogens with one attached hydrogen (secondary N) is 1. The smallest absolute Gasteiger partial charge is 0.417 e. The fourth-order valence-electron chi connectivity index (χ4n) is 2.90. The van der Waals surface area contributed by atoms with Crippen LogP contribution in [0, 0.1) is 0 Å². The normalized spacial score (nSPS) is 11.5. The zero-order valence-corrected chi connectivity index (χ0v) is 16.8. The molecular weight excluding hydrogens is 429 g/mol. The number of benzene rings is 1. The first kappa shape index (κ1) is 20.6. The summed E-state index contributed by atoms with van der Waals surface area (Å²) >= 11 is 1.09. The van der Waals surface area contributed by atoms with Crippen LogP contribution < -0.4 is 15.8 Å². The summed E-state index contributed by atoms with van der Waals surface area (Å²) in [6.45, 7) is 0. The van der Waals surface area contributed by atoms with Gasteiger partial charge >= 0.3 is 6.18 Å². The summed E-state index contributed by atoms with van der Waals surface area (Å²) in [6.07, 6.45) is -3.84. The minimum absolute atomic E-state index is 0.0123. The number of aromatic nitrogens is 2. The van der Waals surface area contributed by atoms with Gasteiger partial charge in [-0.05, 0) is 48.5 Å². The summed E-state index contributed by atoms with van der Waals surface area (Å²) in [6, 6.07) is 12.9. The van der Waals surface area contributed by atoms with Gasteiger partial charge in [0.15, 0.2) is 0 Å². The van der Waals surface area contributed by atoms with Crippen molar-refractivity contribution >= 4 is 39.0 Å². The lowest BCUT2D eigenvalue weighted by molar-refractivity contribution is -0.137. The van der Waals surface area contributed by atoms with E-state index in [-0.39, 0.29) is 16.4 Å². The number of fused-ring (bicyclic) bond motifs is 1. The second kappa shape index (κ2) is 7.88. The van der Waals surface area contributed by atoms with Crippen molar-refractivity contribution in [2.24, 2.45) is 0 Å². The van der Waals surface area contributed by atoms with Crippen molar-refractivity contribution in [3.63, 3.8) is 0 Å². The maximum atomic E-state index is 12.7. The molecule has 0 fully saturated rings. The first-order chi connectivity index (χ1) is 14.8. The number of ether oxygens (including phenoxy) is 1. The van der Waals surface area contributed by atoms with Crippen LogP contribution in [0.15, 0.2) is 54.7 Å². The number of nitrogens with zero attached hydrogens (tertiary/aromatic N) is 2. The van der Waals surface area contributed by atoms with E-state index in [9.17, 15) is 18.0 Å². The molecule has 6 nitrogen and oxygen atoms in total. The number of carbonyl (C=O) groups excluding carboxylic acids is 1. The zero-order chi connectivity index (χ0) is 22.2. The summed E-state index contributed by atoms with van der Waals surface area (Å²) in [7, 11) is 1.58. The Morgan fingerprint density at radius 2 is 1.84 bits per heavy atom. The van der Waals surface area contributed by atoms with Gasteiger partial charge in [0.05, 0.1) is 24.1 Å². The average molecular weight is 444 g/mol. The fourth-order valence-corrected chi connectivity index (χ4v) is 3.89. The molecule has 0 bridgehead atoms. The van der Waals surface area contributed by atoms with Crippen LogP contribution in [-0.4, -0.2) is 23.0 Å². The van der Waals surface area contributed by atoms with Gasteiger partial charge in [0.1, 0.15) is 21.3 Å². The number of hydrogen-bond acceptors (Lipinski definition) is 6. The quantitative estimate of drug-likeness (QED) is 0.450. The van der Waals surface area contributed by atoms with E-state index in [0.29, 0.717) is 22.1 Å². The minimum Gasteiger partial charge on any atom is -0.497 e. The largest absolute Gasteiger partial charge is 0.497 e. The molecule has 4 aromatic rings. The van der Waals surface area contributed by atoms with E-state index >= 15 is 0 Å². The number of anilines is 2. The number of rotatable bonds is 4. The number of carbonyl (C=O) groups is 1. The van der Waals surface area contributed by atoms with Crippen LogP contribution in [-0.2, 0) is 6.18 Å². The summed E-state index contributed by atoms with van der Waals surface area (Å²) in [5.74, 6) is 0.140. The molecule has 0 aliphatic heterocycles. The molecule has 0 aliphatic rings. The summed E-state index contributed by atoms with van der Waals surface area (Å²) < 4.78 is 43.1. The van der Waals surface area contributed by atoms with Crippen molar-refractivity contribution in [3.05, 3.63) is 65.2 Å². The lowest BCUT2D eigenvalue weighted by Crippen LogP contribution is -2.13. The summed E-state index contributed by atoms with van der Waals surface area (Å²) in [4.78, 5) is 21.6. The van der Waals surface area contributed by atoms with Crippen molar-refractivity contribution in [1.82, 2.24) is 9.97 Å². The molecule has 158 valence electrons. The van der Waals surface area contributed by atoms with Crippen molar-refractivity contribution in [2.75, 3.05) is 18.2 Å². The number of pyridine rings is 2. The van der Waals surface area contributed by atoms with Gasteiger partial charge in [-0.1, -0.05) is 0 Å². The Balaban J connectivity index is 1.60. The molecule has 1 amide bonds. The lowest BCUT2D eigenvalue weighted by atomic mass is 10.1. The van der Waals surface area contributed by atoms with E-state index < -0.39 is 17.6 Å². The van der Waals surface area contributed by atoms with Crippen molar-refractivity contribution in [3.8, 4) is 17.0 Å². The lowest BCUT2D eigenvalue weighted by Gasteiger charge is -2.07. The van der Waals surface area contributed by atoms with Crippen molar-refractivity contribution in [1.29, 1.82) is 0 Å². The Morgan fingerprint density at radius 1 is 1.10 bits per heavy atom. The van der Waals surface area contributed by atoms with Crippen LogP contribution in [0.25, 0.3) is 21.5 Å². The summed E-state index contributed by atoms with van der Waals surface area (Å²) in [5, 5.41) is 3.09. The van der Waals surface area contributed by atoms with Crippen LogP contribution >= 0.6 is 11.3 Å². The molecule has 3 N–H and O–H groups in total. The number of hydrogen-bond donors (Lipinski definition) is 2. The Morgan fingerprint density at radius 3 is 2.45 bits per heavy atom. The van der Waals surface area contributed by atoms with E-state index in [4.69, 9.17) is 10.5 Å². The third-order valence-electron chi connectivity index (χ3n) is 4.52. The number of alkyl halides is 3. The predicted octanol–water partition coefficient (Wildman–Crippen LogP) is 5.22. The van der Waals surface area contributed by atoms with Crippen LogP contribution in [0.4, 0.5) is 24.7 Å². The van der Waals surface area contributed by atoms with Gasteiger partial charge in [-0.15, -0.1) is 11.3 Å². The van der Waals surface area contributed by atoms with Gasteiger partial charge in [-0.3, -0.25) is 4.79 Å². The van der Waals surface area contributed by atoms with Gasteiger partial charge in [0, 0.05) is 17.1 Å². The highest BCUT2D eigenvalue weighted by atomic mass is 32.1. The minimum atomic E-state index is -4.50. The fraction of sp³-hybridized carbons (Fsp3) is 0.0952. The molecule has 0 atom stereocenters. The molecule has 3 heterocycles. The van der Waals surface area contributed by atoms with Crippen LogP contribution in [0.3, 0.4) is 0 Å². The maximum absolute atomic E-state index is 12.7. The van der Waals surface area contributed by atoms with E-state index in [2.05, 4.69) is 15.3 Å². The average Bonchev–Trinajstić information content (AvgIpc) is 3.09. The van der Waals surface area contributed by atoms with E-state index in [1.165, 1.54) is 0 Å². The van der Waals surface area contributed by atoms with E-state index in [1.807, 2.05) is 24.3 Å². The first-order valence-corrected chi connectivity index (χ1v) is 9.76. The van der Waals surface area contributed by atoms with Crippen LogP contribution in [0.1, 0.15) is 15.2 Å². The second-order valence-electron chi connectivity index (χ2n) is 6.51. The molecule has 10 heteroatoms. The number of amides is 1. The first-order valence-electron chi connectivity index (χ1n) is 8.94. The van der Waals surface area contributed by atoms with Gasteiger partial charge in [-0.2, -0.15) is 13.2 Å². The van der Waals surface area contributed by atoms with Gasteiger partial charge in [-0.25, -0.2) is 9.97 Å². The Bertz CT molecular complexity index is 1250. The number of thiophene rings is 1. The molecule has 0 radical (unpaired) electrons. The summed E-state index contributed by atoms with van der Waals surface area (Å²) in [5.41, 5.74) is 7.04. The highest BCUT2D eigenvalue weighted by molar-refractivity contribution is 7.21. The number of methoxy groups -OCH3 is 1. The zero-order valence-electron chi connectivity index (χ0n) is 16.0. The van der Waals surface area contributed by atoms with E-state index in [1.54, 1.807) is 19.2 Å². The van der Waals surface area contributed by atoms with Crippen LogP contribution in [0.2, 0.25) is 0 Å². The number of nitrogens with two attached hydrogens (primary N) is 1. The predicted molar refractivity (Wildman–Crippen MR) is 113 cm³/mol. The monoisotopic (exact) mass is 444 g/mol. The second-order valence-corrected chi connectivity index (χ2v) is 7.51. The third kappa shape index (κ3) is 4.15. The van der Waals surface area contributed by atoms with E-state index in [0.717, 1.165) is 34.8 Å². The van der Waals surface area contributed by atoms with Crippen molar-refractivity contribution in [2.45, 2.75) is 6.18 Å². The molecule has 31 heavy (non-hydrogen) atoms. The van der Waals surface area contributed by atoms with Gasteiger partial charge in [0.25, 0.3) is 5.91 Å². The molecule has 0 aliphatic carbocycles. The Kier molecular flexibility index (Phi) is 5.24. The third-order valence-corrected chi connectivity index (χ3v) is 5.63. The molecule has 0 saturated carbocycles. The molecule has 0 spiro atoms. The molecule has 0 saturated heterocycles. The van der Waals surface area contributed by atoms with Gasteiger partial charge in [0.2, 0.25) is 0 Å². The maximum Gasteiger partial charge on any atom is 0.417 e. The topological polar surface area (TPSA) is 90.1 Å². The molecule has 1 aromatic carbocycles. The molecule has 0 unspecified atom stereocenters. The number of halogens is 3. The Labute approximate surface area is 178 Å². The number of nitrogen functional groups attached to an aromatic ring is 1. The molecule has 4 rings (SSSR count). The molecular formula is C21H15F3N4O2S. The van der Waals surface area contributed by atoms with Crippen molar-refractivity contribution < 1.29 is 22.7 Å². The standard InChI is InChI=1S/C21H15F3N4O2S/c1-30-13-5-2-11(3-6-13)15-8-7-14-17(25)18(31-20(14)27-15)19(29)28-16-9-4-12(10-26-16)21(22,23)24/h2-10H,25H2,1H3,(H,26,28,29). The SMILES string of the molecule is COc1ccc(-c2ccc3c(N)c(C(=O)Nc4ccc(C(F)(F)F)cn4)sc3n2)cc1. The molecule has 3 aromatic heterocycles. The highest BCUT2D eigenvalue weighted by Gasteiger charge is 2.30. The van der Waals surface area contributed by atoms with Crippen LogP contribution in [0.5, 0.6) is 5.75 Å². The highest BCUT2D eigenvalue weighted by Crippen LogP contribution is 2.35. The van der Waals surface area contributed by atoms with Gasteiger partial charge < -0.3 is 15.8 Å². The Hall–Kier alpha value is -3.66.